The van der Waals surface area contributed by atoms with Crippen molar-refractivity contribution in [1.82, 2.24) is 9.55 Å². The number of ether oxygens (including phenoxy) is 1. The third-order valence-corrected chi connectivity index (χ3v) is 3.26. The number of aromatic nitrogens is 2. The molecule has 0 bridgehead atoms. The first-order chi connectivity index (χ1) is 8.48. The Morgan fingerprint density at radius 3 is 2.78 bits per heavy atom. The van der Waals surface area contributed by atoms with Crippen LogP contribution in [0.1, 0.15) is 39.3 Å². The highest BCUT2D eigenvalue weighted by atomic mass is 16.5. The molecule has 18 heavy (non-hydrogen) atoms. The summed E-state index contributed by atoms with van der Waals surface area (Å²) in [4.78, 5) is 4.54. The summed E-state index contributed by atoms with van der Waals surface area (Å²) in [5.41, 5.74) is 1.37. The quantitative estimate of drug-likeness (QED) is 0.724. The van der Waals surface area contributed by atoms with Crippen LogP contribution in [0.25, 0.3) is 0 Å². The molecule has 0 amide bonds. The van der Waals surface area contributed by atoms with E-state index in [0.29, 0.717) is 5.41 Å². The molecule has 0 spiro atoms. The summed E-state index contributed by atoms with van der Waals surface area (Å²) in [5, 5.41) is 3.39. The van der Waals surface area contributed by atoms with Crippen LogP contribution in [0.15, 0.2) is 6.20 Å². The lowest BCUT2D eigenvalue weighted by Crippen LogP contribution is -2.20. The normalized spacial score (nSPS) is 11.8. The van der Waals surface area contributed by atoms with Crippen LogP contribution >= 0.6 is 0 Å². The molecule has 0 aromatic carbocycles. The first kappa shape index (κ1) is 15.0. The van der Waals surface area contributed by atoms with Crippen molar-refractivity contribution in [2.75, 3.05) is 25.6 Å². The van der Waals surface area contributed by atoms with Crippen molar-refractivity contribution < 1.29 is 4.74 Å². The number of rotatable bonds is 8. The van der Waals surface area contributed by atoms with Gasteiger partial charge < -0.3 is 14.6 Å². The topological polar surface area (TPSA) is 39.1 Å². The van der Waals surface area contributed by atoms with E-state index in [4.69, 9.17) is 4.74 Å². The highest BCUT2D eigenvalue weighted by molar-refractivity contribution is 5.28. The maximum Gasteiger partial charge on any atom is 0.203 e. The molecule has 0 aliphatic carbocycles. The highest BCUT2D eigenvalue weighted by Gasteiger charge is 2.18. The second-order valence-corrected chi connectivity index (χ2v) is 5.62. The molecule has 104 valence electrons. The van der Waals surface area contributed by atoms with Gasteiger partial charge in [0, 0.05) is 33.0 Å². The molecular formula is C14H27N3O. The average molecular weight is 253 g/mol. The van der Waals surface area contributed by atoms with Crippen LogP contribution in [0, 0.1) is 12.3 Å². The Bertz CT molecular complexity index is 358. The van der Waals surface area contributed by atoms with E-state index >= 15 is 0 Å². The predicted octanol–water partition coefficient (Wildman–Crippen LogP) is 3.08. The Morgan fingerprint density at radius 2 is 2.17 bits per heavy atom. The fraction of sp³-hybridized carbons (Fsp3) is 0.786. The molecule has 1 aromatic heterocycles. The molecule has 1 aromatic rings. The Hall–Kier alpha value is -1.03. The van der Waals surface area contributed by atoms with E-state index in [2.05, 4.69) is 41.8 Å². The van der Waals surface area contributed by atoms with E-state index in [0.717, 1.165) is 44.2 Å². The number of nitrogens with zero attached hydrogens (tertiary/aromatic N) is 2. The summed E-state index contributed by atoms with van der Waals surface area (Å²) in [7, 11) is 1.73. The SMILES string of the molecule is CCC(C)(C)Cn1cc(C)nc1NCCCOC. The van der Waals surface area contributed by atoms with E-state index < -0.39 is 0 Å². The molecule has 4 heteroatoms. The van der Waals surface area contributed by atoms with Crippen LogP contribution in [0.5, 0.6) is 0 Å². The van der Waals surface area contributed by atoms with Gasteiger partial charge in [0.1, 0.15) is 0 Å². The molecule has 1 rings (SSSR count). The van der Waals surface area contributed by atoms with Crippen molar-refractivity contribution in [3.63, 3.8) is 0 Å². The second-order valence-electron chi connectivity index (χ2n) is 5.62. The van der Waals surface area contributed by atoms with E-state index in [9.17, 15) is 0 Å². The van der Waals surface area contributed by atoms with E-state index in [1.54, 1.807) is 7.11 Å². The number of imidazole rings is 1. The Kier molecular flexibility index (Phi) is 5.66. The molecular weight excluding hydrogens is 226 g/mol. The van der Waals surface area contributed by atoms with Crippen molar-refractivity contribution in [2.24, 2.45) is 5.41 Å². The number of hydrogen-bond acceptors (Lipinski definition) is 3. The van der Waals surface area contributed by atoms with Gasteiger partial charge in [-0.3, -0.25) is 0 Å². The third kappa shape index (κ3) is 4.69. The van der Waals surface area contributed by atoms with Gasteiger partial charge in [-0.25, -0.2) is 4.98 Å². The smallest absolute Gasteiger partial charge is 0.203 e. The lowest BCUT2D eigenvalue weighted by atomic mass is 9.90. The third-order valence-electron chi connectivity index (χ3n) is 3.26. The minimum Gasteiger partial charge on any atom is -0.385 e. The average Bonchev–Trinajstić information content (AvgIpc) is 2.64. The number of hydrogen-bond donors (Lipinski definition) is 1. The van der Waals surface area contributed by atoms with Gasteiger partial charge >= 0.3 is 0 Å². The van der Waals surface area contributed by atoms with E-state index in [-0.39, 0.29) is 0 Å². The Morgan fingerprint density at radius 1 is 1.44 bits per heavy atom. The van der Waals surface area contributed by atoms with Crippen LogP contribution in [0.4, 0.5) is 5.95 Å². The maximum atomic E-state index is 5.05. The minimum absolute atomic E-state index is 0.302. The van der Waals surface area contributed by atoms with Gasteiger partial charge in [0.05, 0.1) is 5.69 Å². The summed E-state index contributed by atoms with van der Waals surface area (Å²) < 4.78 is 7.27. The number of methoxy groups -OCH3 is 1. The maximum absolute atomic E-state index is 5.05. The zero-order valence-corrected chi connectivity index (χ0v) is 12.4. The molecule has 0 saturated heterocycles. The summed E-state index contributed by atoms with van der Waals surface area (Å²) in [6.45, 7) is 11.5. The van der Waals surface area contributed by atoms with Gasteiger partial charge in [0.25, 0.3) is 0 Å². The van der Waals surface area contributed by atoms with Gasteiger partial charge in [-0.2, -0.15) is 0 Å². The standard InChI is InChI=1S/C14H27N3O/c1-6-14(3,4)11-17-10-12(2)16-13(17)15-8-7-9-18-5/h10H,6-9,11H2,1-5H3,(H,15,16). The lowest BCUT2D eigenvalue weighted by molar-refractivity contribution is 0.197. The first-order valence-corrected chi connectivity index (χ1v) is 6.75. The van der Waals surface area contributed by atoms with Gasteiger partial charge in [-0.05, 0) is 25.2 Å². The van der Waals surface area contributed by atoms with Gasteiger partial charge in [-0.15, -0.1) is 0 Å². The van der Waals surface area contributed by atoms with Crippen LogP contribution < -0.4 is 5.32 Å². The molecule has 4 nitrogen and oxygen atoms in total. The van der Waals surface area contributed by atoms with Gasteiger partial charge in [0.2, 0.25) is 5.95 Å². The van der Waals surface area contributed by atoms with Crippen molar-refractivity contribution >= 4 is 5.95 Å². The molecule has 0 atom stereocenters. The highest BCUT2D eigenvalue weighted by Crippen LogP contribution is 2.24. The summed E-state index contributed by atoms with van der Waals surface area (Å²) in [5.74, 6) is 0.977. The second kappa shape index (κ2) is 6.78. The molecule has 0 fully saturated rings. The number of anilines is 1. The van der Waals surface area contributed by atoms with Gasteiger partial charge in [0.15, 0.2) is 0 Å². The van der Waals surface area contributed by atoms with Crippen molar-refractivity contribution in [2.45, 2.75) is 47.1 Å². The summed E-state index contributed by atoms with van der Waals surface area (Å²) in [6.07, 6.45) is 4.28. The lowest BCUT2D eigenvalue weighted by Gasteiger charge is -2.24. The summed E-state index contributed by atoms with van der Waals surface area (Å²) >= 11 is 0. The fourth-order valence-corrected chi connectivity index (χ4v) is 1.80. The number of aryl methyl sites for hydroxylation is 1. The predicted molar refractivity (Wildman–Crippen MR) is 76.0 cm³/mol. The zero-order valence-electron chi connectivity index (χ0n) is 12.4. The monoisotopic (exact) mass is 253 g/mol. The first-order valence-electron chi connectivity index (χ1n) is 6.75. The largest absolute Gasteiger partial charge is 0.385 e. The van der Waals surface area contributed by atoms with Crippen LogP contribution in [0.3, 0.4) is 0 Å². The van der Waals surface area contributed by atoms with E-state index in [1.807, 2.05) is 6.92 Å². The van der Waals surface area contributed by atoms with E-state index in [1.165, 1.54) is 0 Å². The zero-order chi connectivity index (χ0) is 13.6. The van der Waals surface area contributed by atoms with Gasteiger partial charge in [-0.1, -0.05) is 20.8 Å². The molecule has 0 unspecified atom stereocenters. The van der Waals surface area contributed by atoms with Crippen molar-refractivity contribution in [3.05, 3.63) is 11.9 Å². The van der Waals surface area contributed by atoms with Crippen molar-refractivity contribution in [1.29, 1.82) is 0 Å². The molecule has 1 N–H and O–H groups in total. The summed E-state index contributed by atoms with van der Waals surface area (Å²) in [6, 6.07) is 0. The number of nitrogens with one attached hydrogen (secondary N) is 1. The molecule has 1 heterocycles. The molecule has 0 saturated carbocycles. The van der Waals surface area contributed by atoms with Crippen LogP contribution in [-0.4, -0.2) is 29.8 Å². The van der Waals surface area contributed by atoms with Crippen LogP contribution in [0.2, 0.25) is 0 Å². The Labute approximate surface area is 111 Å². The Balaban J connectivity index is 2.61. The molecule has 0 aliphatic heterocycles. The molecule has 0 radical (unpaired) electrons. The minimum atomic E-state index is 0.302. The van der Waals surface area contributed by atoms with Crippen LogP contribution in [-0.2, 0) is 11.3 Å². The van der Waals surface area contributed by atoms with Crippen molar-refractivity contribution in [3.8, 4) is 0 Å². The molecule has 0 aliphatic rings. The fourth-order valence-electron chi connectivity index (χ4n) is 1.80.